The van der Waals surface area contributed by atoms with Gasteiger partial charge in [0.25, 0.3) is 0 Å². The maximum Gasteiger partial charge on any atom is 0.229 e. The summed E-state index contributed by atoms with van der Waals surface area (Å²) in [6.45, 7) is 10.6. The zero-order chi connectivity index (χ0) is 20.8. The Morgan fingerprint density at radius 1 is 0.692 bits per heavy atom. The van der Waals surface area contributed by atoms with Crippen molar-refractivity contribution in [2.45, 2.75) is 60.3 Å². The Hall–Kier alpha value is -1.57. The molecule has 0 rings (SSSR count). The zero-order valence-corrected chi connectivity index (χ0v) is 18.0. The number of Topliss-reactive ketones (excluding diaryl/α,β-unsaturated/α-hetero) is 1. The van der Waals surface area contributed by atoms with Gasteiger partial charge in [-0.15, -0.1) is 0 Å². The molecule has 154 valence electrons. The minimum atomic E-state index is -0.210. The van der Waals surface area contributed by atoms with E-state index < -0.39 is 0 Å². The molecule has 0 aromatic heterocycles. The van der Waals surface area contributed by atoms with E-state index in [1.54, 1.807) is 6.92 Å². The fourth-order valence-corrected chi connectivity index (χ4v) is 1.87. The van der Waals surface area contributed by atoms with Crippen LogP contribution in [0.15, 0.2) is 0 Å². The van der Waals surface area contributed by atoms with Crippen LogP contribution in [0, 0.1) is 0 Å². The summed E-state index contributed by atoms with van der Waals surface area (Å²) in [7, 11) is 0. The molecule has 7 nitrogen and oxygen atoms in total. The average molecular weight is 392 g/mol. The monoisotopic (exact) mass is 391 g/mol. The Morgan fingerprint density at radius 2 is 1.08 bits per heavy atom. The summed E-state index contributed by atoms with van der Waals surface area (Å²) in [6.07, 6.45) is 3.00. The average Bonchev–Trinajstić information content (AvgIpc) is 2.65. The van der Waals surface area contributed by atoms with E-state index in [0.29, 0.717) is 25.1 Å². The van der Waals surface area contributed by atoms with E-state index >= 15 is 0 Å². The molecule has 0 aromatic carbocycles. The zero-order valence-electron chi connectivity index (χ0n) is 17.2. The summed E-state index contributed by atoms with van der Waals surface area (Å²) in [6, 6.07) is 0. The molecule has 0 aliphatic carbocycles. The van der Waals surface area contributed by atoms with Gasteiger partial charge in [0.05, 0.1) is 5.75 Å². The van der Waals surface area contributed by atoms with Crippen molar-refractivity contribution in [3.05, 3.63) is 0 Å². The molecule has 0 saturated heterocycles. The van der Waals surface area contributed by atoms with E-state index in [-0.39, 0.29) is 49.4 Å². The third kappa shape index (κ3) is 22.4. The van der Waals surface area contributed by atoms with Gasteiger partial charge in [0.15, 0.2) is 0 Å². The van der Waals surface area contributed by atoms with Gasteiger partial charge in [-0.25, -0.2) is 0 Å². The molecule has 0 aromatic rings. The molecule has 0 fully saturated rings. The molecule has 0 unspecified atom stereocenters. The quantitative estimate of drug-likeness (QED) is 0.471. The summed E-state index contributed by atoms with van der Waals surface area (Å²) in [5, 5.41) is 7.86. The second-order valence-corrected chi connectivity index (χ2v) is 5.49. The van der Waals surface area contributed by atoms with Gasteiger partial charge in [-0.05, 0) is 6.26 Å². The number of rotatable bonds is 12. The molecule has 26 heavy (non-hydrogen) atoms. The fraction of sp³-hybridized carbons (Fsp3) is 0.778. The molecule has 0 bridgehead atoms. The summed E-state index contributed by atoms with van der Waals surface area (Å²) < 4.78 is 0. The Kier molecular flexibility index (Phi) is 26.3. The van der Waals surface area contributed by atoms with Crippen LogP contribution in [0.2, 0.25) is 0 Å². The van der Waals surface area contributed by atoms with Crippen molar-refractivity contribution in [2.24, 2.45) is 0 Å². The highest BCUT2D eigenvalue weighted by atomic mass is 32.2. The van der Waals surface area contributed by atoms with E-state index in [4.69, 9.17) is 0 Å². The number of thioether (sulfide) groups is 1. The standard InChI is InChI=1S/C14H25N3O4S.2C2H6/c1-3-11(18)4-7-15-12(19)5-8-16-13(20)6-9-17-14(21)10-22-2;2*1-2/h3-10H2,1-2H3,(H,15,19)(H,16,20)(H,17,21);2*1-2H3. The Bertz CT molecular complexity index is 391. The van der Waals surface area contributed by atoms with Crippen LogP contribution in [0.1, 0.15) is 60.3 Å². The Balaban J connectivity index is -0.00000123. The second-order valence-electron chi connectivity index (χ2n) is 4.63. The summed E-state index contributed by atoms with van der Waals surface area (Å²) in [4.78, 5) is 45.1. The molecule has 0 aliphatic rings. The predicted octanol–water partition coefficient (Wildman–Crippen LogP) is 1.90. The third-order valence-electron chi connectivity index (χ3n) is 2.74. The van der Waals surface area contributed by atoms with E-state index in [2.05, 4.69) is 16.0 Å². The van der Waals surface area contributed by atoms with Crippen molar-refractivity contribution >= 4 is 35.3 Å². The molecule has 0 radical (unpaired) electrons. The van der Waals surface area contributed by atoms with Crippen molar-refractivity contribution in [2.75, 3.05) is 31.6 Å². The van der Waals surface area contributed by atoms with E-state index in [1.165, 1.54) is 11.8 Å². The number of amides is 3. The lowest BCUT2D eigenvalue weighted by atomic mass is 10.2. The Labute approximate surface area is 162 Å². The van der Waals surface area contributed by atoms with Crippen LogP contribution in [-0.4, -0.2) is 55.1 Å². The van der Waals surface area contributed by atoms with Crippen LogP contribution in [0.3, 0.4) is 0 Å². The molecule has 0 atom stereocenters. The normalized spacial score (nSPS) is 8.85. The van der Waals surface area contributed by atoms with Crippen LogP contribution in [0.25, 0.3) is 0 Å². The van der Waals surface area contributed by atoms with Crippen LogP contribution in [-0.2, 0) is 19.2 Å². The molecule has 0 aliphatic heterocycles. The second kappa shape index (κ2) is 23.4. The summed E-state index contributed by atoms with van der Waals surface area (Å²) in [5.74, 6) is -0.0168. The van der Waals surface area contributed by atoms with Crippen molar-refractivity contribution < 1.29 is 19.2 Å². The highest BCUT2D eigenvalue weighted by Gasteiger charge is 2.06. The first-order valence-corrected chi connectivity index (χ1v) is 10.7. The largest absolute Gasteiger partial charge is 0.356 e. The third-order valence-corrected chi connectivity index (χ3v) is 3.30. The highest BCUT2D eigenvalue weighted by Crippen LogP contribution is 1.90. The molecule has 0 spiro atoms. The van der Waals surface area contributed by atoms with Crippen molar-refractivity contribution in [3.63, 3.8) is 0 Å². The van der Waals surface area contributed by atoms with Gasteiger partial charge in [-0.1, -0.05) is 34.6 Å². The van der Waals surface area contributed by atoms with Crippen LogP contribution < -0.4 is 16.0 Å². The highest BCUT2D eigenvalue weighted by molar-refractivity contribution is 7.99. The molecule has 0 saturated carbocycles. The first-order chi connectivity index (χ1) is 12.5. The molecule has 3 N–H and O–H groups in total. The summed E-state index contributed by atoms with van der Waals surface area (Å²) >= 11 is 1.42. The van der Waals surface area contributed by atoms with E-state index in [1.807, 2.05) is 34.0 Å². The molecule has 0 heterocycles. The first kappa shape index (κ1) is 29.2. The van der Waals surface area contributed by atoms with Crippen LogP contribution >= 0.6 is 11.8 Å². The number of hydrogen-bond acceptors (Lipinski definition) is 5. The lowest BCUT2D eigenvalue weighted by Crippen LogP contribution is -2.34. The van der Waals surface area contributed by atoms with Gasteiger partial charge in [0.1, 0.15) is 5.78 Å². The van der Waals surface area contributed by atoms with Gasteiger partial charge in [0.2, 0.25) is 17.7 Å². The van der Waals surface area contributed by atoms with Crippen molar-refractivity contribution in [1.82, 2.24) is 16.0 Å². The first-order valence-electron chi connectivity index (χ1n) is 9.30. The van der Waals surface area contributed by atoms with Gasteiger partial charge in [0, 0.05) is 45.3 Å². The maximum atomic E-state index is 11.5. The van der Waals surface area contributed by atoms with Crippen LogP contribution in [0.5, 0.6) is 0 Å². The van der Waals surface area contributed by atoms with Gasteiger partial charge < -0.3 is 16.0 Å². The lowest BCUT2D eigenvalue weighted by molar-refractivity contribution is -0.122. The number of carbonyl (C=O) groups is 4. The molecular weight excluding hydrogens is 354 g/mol. The Morgan fingerprint density at radius 3 is 1.46 bits per heavy atom. The van der Waals surface area contributed by atoms with Crippen molar-refractivity contribution in [3.8, 4) is 0 Å². The topological polar surface area (TPSA) is 104 Å². The smallest absolute Gasteiger partial charge is 0.229 e. The predicted molar refractivity (Wildman–Crippen MR) is 109 cm³/mol. The van der Waals surface area contributed by atoms with E-state index in [9.17, 15) is 19.2 Å². The molecular formula is C18H37N3O4S. The summed E-state index contributed by atoms with van der Waals surface area (Å²) in [5.41, 5.74) is 0. The SMILES string of the molecule is CC.CC.CCC(=O)CCNC(=O)CCNC(=O)CCNC(=O)CSC. The number of carbonyl (C=O) groups excluding carboxylic acids is 4. The molecule has 8 heteroatoms. The fourth-order valence-electron chi connectivity index (χ4n) is 1.51. The van der Waals surface area contributed by atoms with Gasteiger partial charge in [-0.2, -0.15) is 11.8 Å². The number of ketones is 1. The van der Waals surface area contributed by atoms with Crippen LogP contribution in [0.4, 0.5) is 0 Å². The van der Waals surface area contributed by atoms with Gasteiger partial charge >= 0.3 is 0 Å². The van der Waals surface area contributed by atoms with E-state index in [0.717, 1.165) is 0 Å². The lowest BCUT2D eigenvalue weighted by Gasteiger charge is -2.07. The van der Waals surface area contributed by atoms with Crippen molar-refractivity contribution in [1.29, 1.82) is 0 Å². The van der Waals surface area contributed by atoms with Gasteiger partial charge in [-0.3, -0.25) is 19.2 Å². The minimum Gasteiger partial charge on any atom is -0.356 e. The number of hydrogen-bond donors (Lipinski definition) is 3. The number of nitrogens with one attached hydrogen (secondary N) is 3. The minimum absolute atomic E-state index is 0.0960. The maximum absolute atomic E-state index is 11.5. The molecule has 3 amide bonds.